The molecule has 2 N–H and O–H groups in total. The third-order valence-corrected chi connectivity index (χ3v) is 2.52. The van der Waals surface area contributed by atoms with Crippen LogP contribution >= 0.6 is 0 Å². The summed E-state index contributed by atoms with van der Waals surface area (Å²) >= 11 is 0. The highest BCUT2D eigenvalue weighted by Gasteiger charge is 2.16. The summed E-state index contributed by atoms with van der Waals surface area (Å²) in [7, 11) is 1.50. The Morgan fingerprint density at radius 3 is 3.06 bits per heavy atom. The molecule has 0 bridgehead atoms. The van der Waals surface area contributed by atoms with Crippen LogP contribution in [0.5, 0.6) is 0 Å². The van der Waals surface area contributed by atoms with Crippen molar-refractivity contribution in [2.45, 2.75) is 13.2 Å². The number of fused-ring (bicyclic) bond motifs is 3. The Hall–Kier alpha value is -1.46. The number of halogens is 1. The van der Waals surface area contributed by atoms with Crippen molar-refractivity contribution in [1.82, 2.24) is 9.78 Å². The Morgan fingerprint density at radius 1 is 1.44 bits per heavy atom. The largest absolute Gasteiger partial charge is 0.373 e. The van der Waals surface area contributed by atoms with Crippen LogP contribution in [0.2, 0.25) is 0 Å². The van der Waals surface area contributed by atoms with Gasteiger partial charge in [-0.1, -0.05) is 12.1 Å². The fourth-order valence-corrected chi connectivity index (χ4v) is 1.83. The van der Waals surface area contributed by atoms with Crippen LogP contribution in [0.25, 0.3) is 10.9 Å². The van der Waals surface area contributed by atoms with Gasteiger partial charge >= 0.3 is 0 Å². The van der Waals surface area contributed by atoms with E-state index < -0.39 is 0 Å². The Labute approximate surface area is 92.8 Å². The van der Waals surface area contributed by atoms with Gasteiger partial charge in [-0.3, -0.25) is 4.68 Å². The standard InChI is InChI=1S/C10H9FN2O.CH5N/c11-8-3-1-2-7-9-6-14-5-4-13(9)12-10(7)8;1-2/h1-3H,4-6H2;2H2,1H3. The molecule has 1 aromatic heterocycles. The van der Waals surface area contributed by atoms with Crippen LogP contribution in [0.4, 0.5) is 4.39 Å². The summed E-state index contributed by atoms with van der Waals surface area (Å²) < 4.78 is 20.5. The first-order valence-corrected chi connectivity index (χ1v) is 5.15. The van der Waals surface area contributed by atoms with Gasteiger partial charge in [0.15, 0.2) is 5.82 Å². The zero-order valence-electron chi connectivity index (χ0n) is 9.11. The highest BCUT2D eigenvalue weighted by molar-refractivity contribution is 5.82. The third-order valence-electron chi connectivity index (χ3n) is 2.52. The first-order chi connectivity index (χ1) is 7.86. The maximum atomic E-state index is 13.4. The van der Waals surface area contributed by atoms with Crippen molar-refractivity contribution in [1.29, 1.82) is 0 Å². The average Bonchev–Trinajstić information content (AvgIpc) is 2.72. The fourth-order valence-electron chi connectivity index (χ4n) is 1.83. The van der Waals surface area contributed by atoms with Gasteiger partial charge in [0.25, 0.3) is 0 Å². The van der Waals surface area contributed by atoms with Crippen LogP contribution in [0.3, 0.4) is 0 Å². The van der Waals surface area contributed by atoms with Crippen molar-refractivity contribution in [3.05, 3.63) is 29.7 Å². The molecule has 0 atom stereocenters. The molecule has 1 aliphatic heterocycles. The lowest BCUT2D eigenvalue weighted by atomic mass is 10.2. The molecule has 0 saturated carbocycles. The van der Waals surface area contributed by atoms with E-state index in [9.17, 15) is 4.39 Å². The first kappa shape index (κ1) is 11.0. The second kappa shape index (κ2) is 4.59. The molecule has 16 heavy (non-hydrogen) atoms. The number of hydrogen-bond acceptors (Lipinski definition) is 3. The Kier molecular flexibility index (Phi) is 3.17. The normalized spacial score (nSPS) is 14.2. The Balaban J connectivity index is 0.000000457. The van der Waals surface area contributed by atoms with E-state index in [1.54, 1.807) is 6.07 Å². The molecule has 0 fully saturated rings. The van der Waals surface area contributed by atoms with E-state index in [4.69, 9.17) is 4.74 Å². The summed E-state index contributed by atoms with van der Waals surface area (Å²) in [6, 6.07) is 5.02. The second-order valence-electron chi connectivity index (χ2n) is 3.36. The molecule has 86 valence electrons. The highest BCUT2D eigenvalue weighted by atomic mass is 19.1. The van der Waals surface area contributed by atoms with Crippen LogP contribution in [-0.4, -0.2) is 23.4 Å². The number of aromatic nitrogens is 2. The van der Waals surface area contributed by atoms with Gasteiger partial charge in [0.2, 0.25) is 0 Å². The van der Waals surface area contributed by atoms with Crippen molar-refractivity contribution in [2.24, 2.45) is 5.73 Å². The average molecular weight is 223 g/mol. The van der Waals surface area contributed by atoms with Gasteiger partial charge in [-0.2, -0.15) is 5.10 Å². The van der Waals surface area contributed by atoms with Gasteiger partial charge in [0.05, 0.1) is 25.5 Å². The lowest BCUT2D eigenvalue weighted by molar-refractivity contribution is 0.0811. The minimum absolute atomic E-state index is 0.260. The Bertz CT molecular complexity index is 495. The maximum Gasteiger partial charge on any atom is 0.151 e. The molecule has 1 aromatic carbocycles. The van der Waals surface area contributed by atoms with Crippen molar-refractivity contribution in [2.75, 3.05) is 13.7 Å². The molecular formula is C11H14FN3O. The lowest BCUT2D eigenvalue weighted by Gasteiger charge is -2.13. The summed E-state index contributed by atoms with van der Waals surface area (Å²) in [5.74, 6) is -0.260. The summed E-state index contributed by atoms with van der Waals surface area (Å²) in [4.78, 5) is 0. The molecule has 2 heterocycles. The predicted molar refractivity (Wildman–Crippen MR) is 59.5 cm³/mol. The fraction of sp³-hybridized carbons (Fsp3) is 0.364. The number of rotatable bonds is 0. The van der Waals surface area contributed by atoms with Crippen LogP contribution in [0.15, 0.2) is 18.2 Å². The van der Waals surface area contributed by atoms with Crippen molar-refractivity contribution < 1.29 is 9.13 Å². The zero-order valence-corrected chi connectivity index (χ0v) is 9.11. The zero-order chi connectivity index (χ0) is 11.5. The Morgan fingerprint density at radius 2 is 2.25 bits per heavy atom. The van der Waals surface area contributed by atoms with Crippen LogP contribution in [0.1, 0.15) is 5.69 Å². The number of hydrogen-bond donors (Lipinski definition) is 1. The molecule has 5 heteroatoms. The van der Waals surface area contributed by atoms with Gasteiger partial charge < -0.3 is 10.5 Å². The molecule has 3 rings (SSSR count). The van der Waals surface area contributed by atoms with Crippen LogP contribution in [-0.2, 0) is 17.9 Å². The summed E-state index contributed by atoms with van der Waals surface area (Å²) in [6.07, 6.45) is 0. The number of nitrogens with zero attached hydrogens (tertiary/aromatic N) is 2. The smallest absolute Gasteiger partial charge is 0.151 e. The van der Waals surface area contributed by atoms with E-state index in [1.165, 1.54) is 13.1 Å². The predicted octanol–water partition coefficient (Wildman–Crippen LogP) is 1.28. The number of ether oxygens (including phenoxy) is 1. The molecule has 1 aliphatic rings. The van der Waals surface area contributed by atoms with E-state index in [0.29, 0.717) is 25.3 Å². The van der Waals surface area contributed by atoms with E-state index in [0.717, 1.165) is 11.1 Å². The quantitative estimate of drug-likeness (QED) is 0.732. The minimum atomic E-state index is -0.260. The van der Waals surface area contributed by atoms with E-state index in [-0.39, 0.29) is 5.82 Å². The molecule has 0 aliphatic carbocycles. The molecule has 0 radical (unpaired) electrons. The van der Waals surface area contributed by atoms with E-state index >= 15 is 0 Å². The van der Waals surface area contributed by atoms with Gasteiger partial charge in [0.1, 0.15) is 5.52 Å². The monoisotopic (exact) mass is 223 g/mol. The van der Waals surface area contributed by atoms with Crippen molar-refractivity contribution in [3.8, 4) is 0 Å². The molecule has 2 aromatic rings. The summed E-state index contributed by atoms with van der Waals surface area (Å²) in [5.41, 5.74) is 5.93. The topological polar surface area (TPSA) is 53.1 Å². The second-order valence-corrected chi connectivity index (χ2v) is 3.36. The first-order valence-electron chi connectivity index (χ1n) is 5.15. The van der Waals surface area contributed by atoms with E-state index in [1.807, 2.05) is 10.7 Å². The maximum absolute atomic E-state index is 13.4. The van der Waals surface area contributed by atoms with Crippen molar-refractivity contribution >= 4 is 10.9 Å². The van der Waals surface area contributed by atoms with Crippen LogP contribution in [0, 0.1) is 5.82 Å². The number of benzene rings is 1. The minimum Gasteiger partial charge on any atom is -0.373 e. The summed E-state index contributed by atoms with van der Waals surface area (Å²) in [6.45, 7) is 1.89. The lowest BCUT2D eigenvalue weighted by Crippen LogP contribution is -2.16. The molecule has 4 nitrogen and oxygen atoms in total. The molecule has 0 amide bonds. The SMILES string of the molecule is CN.Fc1cccc2c3n(nc12)CCOC3. The van der Waals surface area contributed by atoms with Gasteiger partial charge in [-0.15, -0.1) is 0 Å². The summed E-state index contributed by atoms with van der Waals surface area (Å²) in [5, 5.41) is 5.08. The van der Waals surface area contributed by atoms with Crippen LogP contribution < -0.4 is 5.73 Å². The number of nitrogens with two attached hydrogens (primary N) is 1. The van der Waals surface area contributed by atoms with Gasteiger partial charge in [0, 0.05) is 5.39 Å². The molecule has 0 unspecified atom stereocenters. The van der Waals surface area contributed by atoms with Gasteiger partial charge in [-0.25, -0.2) is 4.39 Å². The third kappa shape index (κ3) is 1.68. The molecular weight excluding hydrogens is 209 g/mol. The molecule has 0 spiro atoms. The molecule has 0 saturated heterocycles. The van der Waals surface area contributed by atoms with Gasteiger partial charge in [-0.05, 0) is 13.1 Å². The highest BCUT2D eigenvalue weighted by Crippen LogP contribution is 2.23. The van der Waals surface area contributed by atoms with E-state index in [2.05, 4.69) is 10.8 Å². The van der Waals surface area contributed by atoms with Crippen molar-refractivity contribution in [3.63, 3.8) is 0 Å².